The lowest BCUT2D eigenvalue weighted by Crippen LogP contribution is -1.98. The zero-order valence-electron chi connectivity index (χ0n) is 8.26. The lowest BCUT2D eigenvalue weighted by Gasteiger charge is -2.02. The highest BCUT2D eigenvalue weighted by atomic mass is 19.2. The molecule has 0 saturated carbocycles. The first kappa shape index (κ1) is 12.1. The fourth-order valence-electron chi connectivity index (χ4n) is 0.913. The van der Waals surface area contributed by atoms with Crippen LogP contribution in [-0.2, 0) is 9.53 Å². The standard InChI is InChI=1S/C10H8F3NO2/c1-16-9(15)2-3-14-6-4-7(11)10(13)8(12)5-6/h2-5,14H,1H3/b3-2+. The van der Waals surface area contributed by atoms with Crippen LogP contribution in [0.5, 0.6) is 0 Å². The van der Waals surface area contributed by atoms with Crippen molar-refractivity contribution < 1.29 is 22.7 Å². The molecule has 86 valence electrons. The van der Waals surface area contributed by atoms with E-state index in [9.17, 15) is 18.0 Å². The number of methoxy groups -OCH3 is 1. The number of halogens is 3. The van der Waals surface area contributed by atoms with Crippen LogP contribution in [-0.4, -0.2) is 13.1 Å². The third kappa shape index (κ3) is 3.01. The monoisotopic (exact) mass is 231 g/mol. The van der Waals surface area contributed by atoms with Crippen LogP contribution in [0.3, 0.4) is 0 Å². The van der Waals surface area contributed by atoms with Crippen LogP contribution in [0.15, 0.2) is 24.4 Å². The maximum absolute atomic E-state index is 12.7. The minimum atomic E-state index is -1.54. The van der Waals surface area contributed by atoms with E-state index in [0.717, 1.165) is 24.4 Å². The van der Waals surface area contributed by atoms with E-state index in [4.69, 9.17) is 0 Å². The maximum Gasteiger partial charge on any atom is 0.331 e. The Morgan fingerprint density at radius 3 is 2.38 bits per heavy atom. The summed E-state index contributed by atoms with van der Waals surface area (Å²) in [6, 6.07) is 1.53. The highest BCUT2D eigenvalue weighted by Gasteiger charge is 2.09. The molecule has 1 rings (SSSR count). The zero-order valence-corrected chi connectivity index (χ0v) is 8.26. The molecule has 0 amide bonds. The number of esters is 1. The van der Waals surface area contributed by atoms with Crippen LogP contribution < -0.4 is 5.32 Å². The Morgan fingerprint density at radius 1 is 1.31 bits per heavy atom. The molecular formula is C10H8F3NO2. The van der Waals surface area contributed by atoms with Crippen LogP contribution >= 0.6 is 0 Å². The Kier molecular flexibility index (Phi) is 3.93. The second-order valence-corrected chi connectivity index (χ2v) is 2.75. The maximum atomic E-state index is 12.7. The van der Waals surface area contributed by atoms with Crippen molar-refractivity contribution in [2.45, 2.75) is 0 Å². The van der Waals surface area contributed by atoms with Gasteiger partial charge in [0.05, 0.1) is 7.11 Å². The molecule has 0 fully saturated rings. The van der Waals surface area contributed by atoms with E-state index >= 15 is 0 Å². The van der Waals surface area contributed by atoms with E-state index in [2.05, 4.69) is 10.1 Å². The normalized spacial score (nSPS) is 10.5. The highest BCUT2D eigenvalue weighted by Crippen LogP contribution is 2.17. The van der Waals surface area contributed by atoms with Gasteiger partial charge in [-0.2, -0.15) is 0 Å². The summed E-state index contributed by atoms with van der Waals surface area (Å²) in [5, 5.41) is 2.39. The highest BCUT2D eigenvalue weighted by molar-refractivity contribution is 5.82. The largest absolute Gasteiger partial charge is 0.466 e. The third-order valence-corrected chi connectivity index (χ3v) is 1.65. The molecule has 0 heterocycles. The molecule has 0 saturated heterocycles. The lowest BCUT2D eigenvalue weighted by atomic mass is 10.3. The zero-order chi connectivity index (χ0) is 12.1. The van der Waals surface area contributed by atoms with Gasteiger partial charge >= 0.3 is 5.97 Å². The Labute approximate surface area is 89.5 Å². The number of carbonyl (C=O) groups excluding carboxylic acids is 1. The van der Waals surface area contributed by atoms with Gasteiger partial charge in [-0.05, 0) is 0 Å². The van der Waals surface area contributed by atoms with Gasteiger partial charge in [-0.3, -0.25) is 0 Å². The van der Waals surface area contributed by atoms with Crippen LogP contribution in [0.2, 0.25) is 0 Å². The Balaban J connectivity index is 2.76. The number of rotatable bonds is 3. The predicted octanol–water partition coefficient (Wildman–Crippen LogP) is 2.20. The van der Waals surface area contributed by atoms with Gasteiger partial charge in [-0.1, -0.05) is 0 Å². The van der Waals surface area contributed by atoms with E-state index in [1.54, 1.807) is 0 Å². The molecule has 3 nitrogen and oxygen atoms in total. The lowest BCUT2D eigenvalue weighted by molar-refractivity contribution is -0.134. The van der Waals surface area contributed by atoms with Crippen LogP contribution in [0.1, 0.15) is 0 Å². The van der Waals surface area contributed by atoms with Gasteiger partial charge in [0.2, 0.25) is 0 Å². The minimum Gasteiger partial charge on any atom is -0.466 e. The van der Waals surface area contributed by atoms with Crippen molar-refractivity contribution >= 4 is 11.7 Å². The molecule has 0 aliphatic carbocycles. The van der Waals surface area contributed by atoms with E-state index in [-0.39, 0.29) is 5.69 Å². The molecule has 0 spiro atoms. The van der Waals surface area contributed by atoms with Crippen molar-refractivity contribution in [3.63, 3.8) is 0 Å². The average Bonchev–Trinajstić information content (AvgIpc) is 2.25. The van der Waals surface area contributed by atoms with E-state index in [1.165, 1.54) is 7.11 Å². The Morgan fingerprint density at radius 2 is 1.88 bits per heavy atom. The van der Waals surface area contributed by atoms with Gasteiger partial charge in [-0.25, -0.2) is 18.0 Å². The summed E-state index contributed by atoms with van der Waals surface area (Å²) >= 11 is 0. The fourth-order valence-corrected chi connectivity index (χ4v) is 0.913. The van der Waals surface area contributed by atoms with Crippen LogP contribution in [0.25, 0.3) is 0 Å². The quantitative estimate of drug-likeness (QED) is 0.492. The van der Waals surface area contributed by atoms with Crippen molar-refractivity contribution in [3.8, 4) is 0 Å². The number of anilines is 1. The number of carbonyl (C=O) groups is 1. The van der Waals surface area contributed by atoms with Gasteiger partial charge < -0.3 is 10.1 Å². The molecule has 1 aromatic carbocycles. The summed E-state index contributed by atoms with van der Waals surface area (Å²) in [5.41, 5.74) is -0.0171. The van der Waals surface area contributed by atoms with Crippen molar-refractivity contribution in [1.29, 1.82) is 0 Å². The SMILES string of the molecule is COC(=O)/C=C/Nc1cc(F)c(F)c(F)c1. The van der Waals surface area contributed by atoms with Gasteiger partial charge in [0.25, 0.3) is 0 Å². The van der Waals surface area contributed by atoms with Crippen LogP contribution in [0.4, 0.5) is 18.9 Å². The summed E-state index contributed by atoms with van der Waals surface area (Å²) in [6.45, 7) is 0. The van der Waals surface area contributed by atoms with E-state index < -0.39 is 23.4 Å². The molecule has 0 bridgehead atoms. The molecule has 0 aliphatic rings. The first-order valence-electron chi connectivity index (χ1n) is 4.20. The van der Waals surface area contributed by atoms with Crippen molar-refractivity contribution in [3.05, 3.63) is 41.9 Å². The minimum absolute atomic E-state index is 0.0171. The first-order chi connectivity index (χ1) is 7.54. The summed E-state index contributed by atoms with van der Waals surface area (Å²) in [5.74, 6) is -4.79. The number of benzene rings is 1. The molecule has 0 aliphatic heterocycles. The number of hydrogen-bond acceptors (Lipinski definition) is 3. The van der Waals surface area contributed by atoms with Gasteiger partial charge in [0.1, 0.15) is 0 Å². The Hall–Kier alpha value is -1.98. The topological polar surface area (TPSA) is 38.3 Å². The summed E-state index contributed by atoms with van der Waals surface area (Å²) in [6.07, 6.45) is 2.14. The summed E-state index contributed by atoms with van der Waals surface area (Å²) in [4.78, 5) is 10.6. The van der Waals surface area contributed by atoms with E-state index in [1.807, 2.05) is 0 Å². The summed E-state index contributed by atoms with van der Waals surface area (Å²) in [7, 11) is 1.18. The average molecular weight is 231 g/mol. The van der Waals surface area contributed by atoms with Crippen molar-refractivity contribution in [2.24, 2.45) is 0 Å². The number of hydrogen-bond donors (Lipinski definition) is 1. The molecular weight excluding hydrogens is 223 g/mol. The van der Waals surface area contributed by atoms with Crippen LogP contribution in [0, 0.1) is 17.5 Å². The van der Waals surface area contributed by atoms with Gasteiger partial charge in [0.15, 0.2) is 17.5 Å². The number of ether oxygens (including phenoxy) is 1. The molecule has 0 radical (unpaired) electrons. The molecule has 1 aromatic rings. The first-order valence-corrected chi connectivity index (χ1v) is 4.20. The molecule has 16 heavy (non-hydrogen) atoms. The van der Waals surface area contributed by atoms with Gasteiger partial charge in [0, 0.05) is 30.1 Å². The third-order valence-electron chi connectivity index (χ3n) is 1.65. The smallest absolute Gasteiger partial charge is 0.331 e. The molecule has 0 unspecified atom stereocenters. The second-order valence-electron chi connectivity index (χ2n) is 2.75. The second kappa shape index (κ2) is 5.20. The molecule has 0 aromatic heterocycles. The molecule has 6 heteroatoms. The van der Waals surface area contributed by atoms with Crippen molar-refractivity contribution in [2.75, 3.05) is 12.4 Å². The molecule has 1 N–H and O–H groups in total. The van der Waals surface area contributed by atoms with E-state index in [0.29, 0.717) is 0 Å². The fraction of sp³-hybridized carbons (Fsp3) is 0.100. The summed E-state index contributed by atoms with van der Waals surface area (Å²) < 4.78 is 42.3. The predicted molar refractivity (Wildman–Crippen MR) is 51.1 cm³/mol. The molecule has 0 atom stereocenters. The number of nitrogens with one attached hydrogen (secondary N) is 1. The Bertz CT molecular complexity index is 409. The van der Waals surface area contributed by atoms with Crippen molar-refractivity contribution in [1.82, 2.24) is 0 Å². The van der Waals surface area contributed by atoms with Gasteiger partial charge in [-0.15, -0.1) is 0 Å².